The van der Waals surface area contributed by atoms with Crippen molar-refractivity contribution in [1.29, 1.82) is 0 Å². The Kier molecular flexibility index (Phi) is 3.40. The van der Waals surface area contributed by atoms with Gasteiger partial charge in [0.05, 0.1) is 11.4 Å². The van der Waals surface area contributed by atoms with Crippen molar-refractivity contribution in [3.8, 4) is 0 Å². The molecule has 86 valence electrons. The van der Waals surface area contributed by atoms with Gasteiger partial charge < -0.3 is 11.5 Å². The molecule has 0 unspecified atom stereocenters. The summed E-state index contributed by atoms with van der Waals surface area (Å²) in [5.74, 6) is 0.564. The first-order chi connectivity index (χ1) is 8.25. The number of nitrogens with zero attached hydrogens (tertiary/aromatic N) is 1. The molecule has 0 spiro atoms. The molecule has 2 aromatic rings. The minimum Gasteiger partial charge on any atom is -0.397 e. The molecule has 3 heteroatoms. The zero-order valence-electron chi connectivity index (χ0n) is 9.51. The number of hydrogen-bond acceptors (Lipinski definition) is 2. The molecule has 0 aliphatic heterocycles. The smallest absolute Gasteiger partial charge is 0.104 e. The summed E-state index contributed by atoms with van der Waals surface area (Å²) in [7, 11) is 0. The molecule has 4 N–H and O–H groups in total. The van der Waals surface area contributed by atoms with E-state index >= 15 is 0 Å². The van der Waals surface area contributed by atoms with Crippen LogP contribution in [0, 0.1) is 0 Å². The highest BCUT2D eigenvalue weighted by Crippen LogP contribution is 2.20. The molecule has 3 nitrogen and oxygen atoms in total. The first-order valence-corrected chi connectivity index (χ1v) is 5.47. The van der Waals surface area contributed by atoms with Crippen LogP contribution in [0.4, 0.5) is 11.4 Å². The second-order valence-corrected chi connectivity index (χ2v) is 3.82. The first kappa shape index (κ1) is 11.2. The fraction of sp³-hybridized carbons (Fsp3) is 0.0714. The predicted octanol–water partition coefficient (Wildman–Crippen LogP) is 2.50. The van der Waals surface area contributed by atoms with Gasteiger partial charge >= 0.3 is 0 Å². The number of nitrogen functional groups attached to an aromatic ring is 1. The van der Waals surface area contributed by atoms with E-state index in [1.807, 2.05) is 54.6 Å². The van der Waals surface area contributed by atoms with E-state index in [2.05, 4.69) is 4.99 Å². The molecule has 17 heavy (non-hydrogen) atoms. The molecule has 0 saturated carbocycles. The average molecular weight is 225 g/mol. The quantitative estimate of drug-likeness (QED) is 0.479. The maximum atomic E-state index is 5.90. The van der Waals surface area contributed by atoms with Gasteiger partial charge in [-0.05, 0) is 17.7 Å². The Bertz CT molecular complexity index is 518. The Labute approximate surface area is 101 Å². The minimum atomic E-state index is 0.564. The molecule has 2 rings (SSSR count). The number of anilines is 1. The Morgan fingerprint density at radius 1 is 0.941 bits per heavy atom. The maximum Gasteiger partial charge on any atom is 0.104 e. The lowest BCUT2D eigenvalue weighted by atomic mass is 10.1. The van der Waals surface area contributed by atoms with E-state index < -0.39 is 0 Å². The van der Waals surface area contributed by atoms with Gasteiger partial charge in [-0.3, -0.25) is 0 Å². The van der Waals surface area contributed by atoms with E-state index in [1.54, 1.807) is 0 Å². The predicted molar refractivity (Wildman–Crippen MR) is 72.3 cm³/mol. The van der Waals surface area contributed by atoms with Gasteiger partial charge in [-0.1, -0.05) is 42.5 Å². The molecule has 0 aliphatic rings. The van der Waals surface area contributed by atoms with Crippen LogP contribution in [0.15, 0.2) is 59.6 Å². The molecule has 0 atom stereocenters. The van der Waals surface area contributed by atoms with Crippen molar-refractivity contribution in [3.05, 3.63) is 60.2 Å². The van der Waals surface area contributed by atoms with Gasteiger partial charge in [0.1, 0.15) is 5.84 Å². The van der Waals surface area contributed by atoms with Crippen molar-refractivity contribution in [3.63, 3.8) is 0 Å². The molecule has 0 aliphatic carbocycles. The van der Waals surface area contributed by atoms with Crippen molar-refractivity contribution >= 4 is 17.2 Å². The molecular weight excluding hydrogens is 210 g/mol. The highest BCUT2D eigenvalue weighted by atomic mass is 14.9. The number of nitrogens with two attached hydrogens (primary N) is 2. The van der Waals surface area contributed by atoms with Crippen LogP contribution in [0.2, 0.25) is 0 Å². The molecule has 0 bridgehead atoms. The van der Waals surface area contributed by atoms with Crippen LogP contribution in [0.5, 0.6) is 0 Å². The second-order valence-electron chi connectivity index (χ2n) is 3.82. The van der Waals surface area contributed by atoms with Crippen LogP contribution in [0.25, 0.3) is 0 Å². The van der Waals surface area contributed by atoms with Crippen LogP contribution < -0.4 is 11.5 Å². The number of hydrogen-bond donors (Lipinski definition) is 2. The summed E-state index contributed by atoms with van der Waals surface area (Å²) in [6.07, 6.45) is 0.634. The van der Waals surface area contributed by atoms with Crippen LogP contribution >= 0.6 is 0 Å². The van der Waals surface area contributed by atoms with E-state index in [0.29, 0.717) is 17.9 Å². The van der Waals surface area contributed by atoms with Crippen LogP contribution in [0.1, 0.15) is 5.56 Å². The zero-order valence-corrected chi connectivity index (χ0v) is 9.51. The van der Waals surface area contributed by atoms with Gasteiger partial charge in [0, 0.05) is 6.42 Å². The molecule has 0 amide bonds. The van der Waals surface area contributed by atoms with E-state index in [0.717, 1.165) is 11.3 Å². The van der Waals surface area contributed by atoms with Gasteiger partial charge in [0.15, 0.2) is 0 Å². The second kappa shape index (κ2) is 5.16. The summed E-state index contributed by atoms with van der Waals surface area (Å²) in [4.78, 5) is 4.32. The van der Waals surface area contributed by atoms with Gasteiger partial charge in [0.25, 0.3) is 0 Å². The summed E-state index contributed by atoms with van der Waals surface area (Å²) in [6.45, 7) is 0. The molecule has 0 saturated heterocycles. The van der Waals surface area contributed by atoms with Crippen molar-refractivity contribution in [2.75, 3.05) is 5.73 Å². The van der Waals surface area contributed by atoms with Gasteiger partial charge in [-0.2, -0.15) is 0 Å². The highest BCUT2D eigenvalue weighted by Gasteiger charge is 1.99. The van der Waals surface area contributed by atoms with Crippen molar-refractivity contribution in [1.82, 2.24) is 0 Å². The number of rotatable bonds is 3. The topological polar surface area (TPSA) is 64.4 Å². The van der Waals surface area contributed by atoms with Crippen LogP contribution in [-0.2, 0) is 6.42 Å². The molecule has 0 radical (unpaired) electrons. The normalized spacial score (nSPS) is 11.4. The van der Waals surface area contributed by atoms with Gasteiger partial charge in [-0.25, -0.2) is 4.99 Å². The Balaban J connectivity index is 2.16. The SMILES string of the molecule is NC(Cc1ccccc1)=Nc1ccccc1N. The van der Waals surface area contributed by atoms with Crippen LogP contribution in [-0.4, -0.2) is 5.84 Å². The lowest BCUT2D eigenvalue weighted by Gasteiger charge is -2.03. The summed E-state index contributed by atoms with van der Waals surface area (Å²) in [6, 6.07) is 17.4. The largest absolute Gasteiger partial charge is 0.397 e. The van der Waals surface area contributed by atoms with Gasteiger partial charge in [-0.15, -0.1) is 0 Å². The molecule has 0 fully saturated rings. The van der Waals surface area contributed by atoms with E-state index in [1.165, 1.54) is 0 Å². The third-order valence-corrected chi connectivity index (χ3v) is 2.43. The third-order valence-electron chi connectivity index (χ3n) is 2.43. The minimum absolute atomic E-state index is 0.564. The number of benzene rings is 2. The van der Waals surface area contributed by atoms with Gasteiger partial charge in [0.2, 0.25) is 0 Å². The van der Waals surface area contributed by atoms with Crippen molar-refractivity contribution in [2.45, 2.75) is 6.42 Å². The summed E-state index contributed by atoms with van der Waals surface area (Å²) >= 11 is 0. The fourth-order valence-corrected chi connectivity index (χ4v) is 1.59. The van der Waals surface area contributed by atoms with Crippen molar-refractivity contribution in [2.24, 2.45) is 10.7 Å². The highest BCUT2D eigenvalue weighted by molar-refractivity contribution is 5.86. The molecule has 0 heterocycles. The average Bonchev–Trinajstić information content (AvgIpc) is 2.33. The summed E-state index contributed by atoms with van der Waals surface area (Å²) < 4.78 is 0. The Morgan fingerprint density at radius 3 is 2.29 bits per heavy atom. The Morgan fingerprint density at radius 2 is 1.59 bits per heavy atom. The molecular formula is C14H15N3. The first-order valence-electron chi connectivity index (χ1n) is 5.47. The maximum absolute atomic E-state index is 5.90. The van der Waals surface area contributed by atoms with E-state index in [-0.39, 0.29) is 0 Å². The molecule has 0 aromatic heterocycles. The van der Waals surface area contributed by atoms with E-state index in [4.69, 9.17) is 11.5 Å². The van der Waals surface area contributed by atoms with Crippen LogP contribution in [0.3, 0.4) is 0 Å². The number of aliphatic imine (C=N–C) groups is 1. The molecule has 2 aromatic carbocycles. The lowest BCUT2D eigenvalue weighted by Crippen LogP contribution is -2.14. The standard InChI is InChI=1S/C14H15N3/c15-12-8-4-5-9-13(12)17-14(16)10-11-6-2-1-3-7-11/h1-9H,10,15H2,(H2,16,17). The monoisotopic (exact) mass is 225 g/mol. The third kappa shape index (κ3) is 3.08. The summed E-state index contributed by atoms with van der Waals surface area (Å²) in [5, 5.41) is 0. The fourth-order valence-electron chi connectivity index (χ4n) is 1.59. The zero-order chi connectivity index (χ0) is 12.1. The van der Waals surface area contributed by atoms with E-state index in [9.17, 15) is 0 Å². The Hall–Kier alpha value is -2.29. The lowest BCUT2D eigenvalue weighted by molar-refractivity contribution is 1.27. The number of amidine groups is 1. The van der Waals surface area contributed by atoms with Crippen molar-refractivity contribution < 1.29 is 0 Å². The summed E-state index contributed by atoms with van der Waals surface area (Å²) in [5.41, 5.74) is 14.2. The number of para-hydroxylation sites is 2.